The Bertz CT molecular complexity index is 823. The third-order valence-corrected chi connectivity index (χ3v) is 5.63. The average Bonchev–Trinajstić information content (AvgIpc) is 2.99. The van der Waals surface area contributed by atoms with Crippen LogP contribution in [-0.4, -0.2) is 40.5 Å². The van der Waals surface area contributed by atoms with E-state index in [0.717, 1.165) is 5.56 Å². The van der Waals surface area contributed by atoms with E-state index in [-0.39, 0.29) is 23.6 Å². The van der Waals surface area contributed by atoms with Crippen LogP contribution in [0.1, 0.15) is 45.2 Å². The first kappa shape index (κ1) is 22.8. The van der Waals surface area contributed by atoms with Crippen molar-refractivity contribution in [2.45, 2.75) is 45.2 Å². The van der Waals surface area contributed by atoms with Crippen molar-refractivity contribution < 1.29 is 14.4 Å². The summed E-state index contributed by atoms with van der Waals surface area (Å²) >= 11 is 3.76. The average molecular weight is 417 g/mol. The minimum Gasteiger partial charge on any atom is -0.370 e. The number of nitrogens with zero attached hydrogens (tertiary/aromatic N) is 2. The SMILES string of the molecule is CC(C)C(=O)N1C(c2ccccc2)C(C)(C#N)CC12CNC2=O.NC(=O)CCS. The highest BCUT2D eigenvalue weighted by Crippen LogP contribution is 2.56. The number of primary amides is 1. The van der Waals surface area contributed by atoms with E-state index < -0.39 is 17.0 Å². The van der Waals surface area contributed by atoms with Crippen molar-refractivity contribution in [3.8, 4) is 6.07 Å². The maximum Gasteiger partial charge on any atom is 0.248 e. The monoisotopic (exact) mass is 416 g/mol. The van der Waals surface area contributed by atoms with Gasteiger partial charge in [0.2, 0.25) is 17.7 Å². The van der Waals surface area contributed by atoms with Crippen LogP contribution in [0, 0.1) is 22.7 Å². The summed E-state index contributed by atoms with van der Waals surface area (Å²) in [5.74, 6) is -0.188. The summed E-state index contributed by atoms with van der Waals surface area (Å²) in [6.45, 7) is 5.93. The number of benzene rings is 1. The van der Waals surface area contributed by atoms with Crippen LogP contribution in [-0.2, 0) is 14.4 Å². The van der Waals surface area contributed by atoms with Crippen LogP contribution in [0.4, 0.5) is 0 Å². The second-order valence-electron chi connectivity index (χ2n) is 8.04. The fraction of sp³-hybridized carbons (Fsp3) is 0.524. The lowest BCUT2D eigenvalue weighted by molar-refractivity contribution is -0.156. The van der Waals surface area contributed by atoms with Crippen LogP contribution < -0.4 is 11.1 Å². The molecular weight excluding hydrogens is 388 g/mol. The van der Waals surface area contributed by atoms with Crippen LogP contribution in [0.2, 0.25) is 0 Å². The molecule has 29 heavy (non-hydrogen) atoms. The van der Waals surface area contributed by atoms with Crippen LogP contribution in [0.5, 0.6) is 0 Å². The number of β-lactam (4-membered cyclic amide) rings is 1. The number of nitrogens with one attached hydrogen (secondary N) is 1. The zero-order valence-electron chi connectivity index (χ0n) is 17.0. The Morgan fingerprint density at radius 3 is 2.34 bits per heavy atom. The fourth-order valence-electron chi connectivity index (χ4n) is 4.00. The zero-order chi connectivity index (χ0) is 21.8. The standard InChI is InChI=1S/C18H21N3O2.C3H7NOS/c1-12(2)15(22)21-14(13-7-5-4-6-8-13)17(3,10-19)9-18(21)11-20-16(18)23;4-3(5)1-2-6/h4-8,12,14H,9,11H2,1-3H3,(H,20,23);6H,1-2H2,(H2,4,5). The molecule has 1 spiro atoms. The number of thiol groups is 1. The van der Waals surface area contributed by atoms with Gasteiger partial charge < -0.3 is 16.0 Å². The maximum atomic E-state index is 12.9. The third-order valence-electron chi connectivity index (χ3n) is 5.41. The minimum absolute atomic E-state index is 0.0762. The number of carbonyl (C=O) groups excluding carboxylic acids is 3. The van der Waals surface area contributed by atoms with E-state index in [9.17, 15) is 19.6 Å². The van der Waals surface area contributed by atoms with Crippen molar-refractivity contribution in [2.24, 2.45) is 17.1 Å². The molecule has 2 fully saturated rings. The number of nitriles is 1. The molecule has 0 aromatic heterocycles. The molecule has 3 N–H and O–H groups in total. The highest BCUT2D eigenvalue weighted by molar-refractivity contribution is 7.80. The summed E-state index contributed by atoms with van der Waals surface area (Å²) in [6, 6.07) is 11.5. The highest BCUT2D eigenvalue weighted by Gasteiger charge is 2.67. The quantitative estimate of drug-likeness (QED) is 0.513. The molecule has 0 radical (unpaired) electrons. The van der Waals surface area contributed by atoms with Gasteiger partial charge in [-0.25, -0.2) is 0 Å². The molecular formula is C21H28N4O3S. The van der Waals surface area contributed by atoms with Gasteiger partial charge in [0.15, 0.2) is 0 Å². The molecule has 3 amide bonds. The first-order valence-corrected chi connectivity index (χ1v) is 10.2. The molecule has 2 aliphatic heterocycles. The summed E-state index contributed by atoms with van der Waals surface area (Å²) in [6.07, 6.45) is 0.753. The van der Waals surface area contributed by atoms with Gasteiger partial charge in [0.1, 0.15) is 5.54 Å². The van der Waals surface area contributed by atoms with Gasteiger partial charge in [0, 0.05) is 18.8 Å². The number of hydrogen-bond donors (Lipinski definition) is 3. The van der Waals surface area contributed by atoms with Crippen molar-refractivity contribution in [1.82, 2.24) is 10.2 Å². The molecule has 7 nitrogen and oxygen atoms in total. The molecule has 2 aliphatic rings. The molecule has 0 bridgehead atoms. The highest BCUT2D eigenvalue weighted by atomic mass is 32.1. The largest absolute Gasteiger partial charge is 0.370 e. The maximum absolute atomic E-state index is 12.9. The number of hydrogen-bond acceptors (Lipinski definition) is 5. The van der Waals surface area contributed by atoms with Gasteiger partial charge in [-0.15, -0.1) is 0 Å². The Hall–Kier alpha value is -2.53. The topological polar surface area (TPSA) is 116 Å². The number of amides is 3. The molecule has 1 aromatic carbocycles. The Labute approximate surface area is 177 Å². The van der Waals surface area contributed by atoms with E-state index in [1.165, 1.54) is 0 Å². The fourth-order valence-corrected chi connectivity index (χ4v) is 4.22. The molecule has 2 heterocycles. The van der Waals surface area contributed by atoms with Crippen molar-refractivity contribution in [1.29, 1.82) is 5.26 Å². The molecule has 1 aromatic rings. The lowest BCUT2D eigenvalue weighted by Gasteiger charge is -2.46. The molecule has 3 rings (SSSR count). The summed E-state index contributed by atoms with van der Waals surface area (Å²) in [5.41, 5.74) is 3.95. The molecule has 3 unspecified atom stereocenters. The van der Waals surface area contributed by atoms with Crippen molar-refractivity contribution in [3.05, 3.63) is 35.9 Å². The summed E-state index contributed by atoms with van der Waals surface area (Å²) < 4.78 is 0. The van der Waals surface area contributed by atoms with Crippen LogP contribution in [0.3, 0.4) is 0 Å². The van der Waals surface area contributed by atoms with Gasteiger partial charge in [0.05, 0.1) is 24.1 Å². The molecule has 8 heteroatoms. The van der Waals surface area contributed by atoms with Crippen molar-refractivity contribution in [2.75, 3.05) is 12.3 Å². The number of likely N-dealkylation sites (tertiary alicyclic amines) is 1. The predicted molar refractivity (Wildman–Crippen MR) is 113 cm³/mol. The third kappa shape index (κ3) is 4.25. The summed E-state index contributed by atoms with van der Waals surface area (Å²) in [5, 5.41) is 12.6. The van der Waals surface area contributed by atoms with E-state index in [4.69, 9.17) is 5.73 Å². The van der Waals surface area contributed by atoms with Gasteiger partial charge in [-0.2, -0.15) is 17.9 Å². The summed E-state index contributed by atoms with van der Waals surface area (Å²) in [7, 11) is 0. The summed E-state index contributed by atoms with van der Waals surface area (Å²) in [4.78, 5) is 36.7. The predicted octanol–water partition coefficient (Wildman–Crippen LogP) is 1.81. The second-order valence-corrected chi connectivity index (χ2v) is 8.48. The molecule has 156 valence electrons. The molecule has 2 saturated heterocycles. The van der Waals surface area contributed by atoms with Crippen LogP contribution in [0.25, 0.3) is 0 Å². The first-order valence-electron chi connectivity index (χ1n) is 9.60. The normalized spacial score (nSPS) is 27.5. The van der Waals surface area contributed by atoms with Crippen LogP contribution >= 0.6 is 12.6 Å². The number of nitrogens with two attached hydrogens (primary N) is 1. The van der Waals surface area contributed by atoms with Gasteiger partial charge in [-0.3, -0.25) is 14.4 Å². The van der Waals surface area contributed by atoms with Gasteiger partial charge in [-0.05, 0) is 18.2 Å². The Balaban J connectivity index is 0.000000438. The lowest BCUT2D eigenvalue weighted by Crippen LogP contribution is -2.72. The van der Waals surface area contributed by atoms with E-state index in [1.54, 1.807) is 4.90 Å². The van der Waals surface area contributed by atoms with Gasteiger partial charge in [0.25, 0.3) is 0 Å². The molecule has 0 saturated carbocycles. The molecule has 0 aliphatic carbocycles. The van der Waals surface area contributed by atoms with E-state index in [1.807, 2.05) is 51.1 Å². The van der Waals surface area contributed by atoms with Gasteiger partial charge >= 0.3 is 0 Å². The Kier molecular flexibility index (Phi) is 6.96. The smallest absolute Gasteiger partial charge is 0.248 e. The second kappa shape index (κ2) is 8.87. The number of rotatable bonds is 4. The van der Waals surface area contributed by atoms with E-state index in [2.05, 4.69) is 24.0 Å². The van der Waals surface area contributed by atoms with Crippen LogP contribution in [0.15, 0.2) is 30.3 Å². The van der Waals surface area contributed by atoms with E-state index in [0.29, 0.717) is 25.1 Å². The van der Waals surface area contributed by atoms with Gasteiger partial charge in [-0.1, -0.05) is 44.2 Å². The van der Waals surface area contributed by atoms with E-state index >= 15 is 0 Å². The zero-order valence-corrected chi connectivity index (χ0v) is 17.9. The van der Waals surface area contributed by atoms with Crippen molar-refractivity contribution in [3.63, 3.8) is 0 Å². The Morgan fingerprint density at radius 2 is 2.00 bits per heavy atom. The van der Waals surface area contributed by atoms with Crippen molar-refractivity contribution >= 4 is 30.4 Å². The Morgan fingerprint density at radius 1 is 1.38 bits per heavy atom. The molecule has 3 atom stereocenters. The minimum atomic E-state index is -0.883. The lowest BCUT2D eigenvalue weighted by atomic mass is 9.75. The first-order chi connectivity index (χ1) is 13.6. The number of carbonyl (C=O) groups is 3.